The van der Waals surface area contributed by atoms with E-state index in [1.807, 2.05) is 31.4 Å². The summed E-state index contributed by atoms with van der Waals surface area (Å²) in [7, 11) is 1.24. The zero-order valence-corrected chi connectivity index (χ0v) is 18.0. The first-order valence-corrected chi connectivity index (χ1v) is 10.4. The van der Waals surface area contributed by atoms with Crippen molar-refractivity contribution < 1.29 is 23.9 Å². The maximum Gasteiger partial charge on any atom is 0.339 e. The number of hydrogen-bond donors (Lipinski definition) is 0. The van der Waals surface area contributed by atoms with Crippen LogP contribution in [0.3, 0.4) is 0 Å². The van der Waals surface area contributed by atoms with Gasteiger partial charge in [-0.3, -0.25) is 4.79 Å². The van der Waals surface area contributed by atoms with E-state index in [0.717, 1.165) is 24.4 Å². The van der Waals surface area contributed by atoms with Gasteiger partial charge in [0.2, 0.25) is 5.78 Å². The Bertz CT molecular complexity index is 1070. The quantitative estimate of drug-likeness (QED) is 0.399. The summed E-state index contributed by atoms with van der Waals surface area (Å²) >= 11 is 1.71. The Kier molecular flexibility index (Phi) is 6.84. The van der Waals surface area contributed by atoms with Crippen LogP contribution < -0.4 is 0 Å². The average molecular weight is 426 g/mol. The highest BCUT2D eigenvalue weighted by Crippen LogP contribution is 2.19. The lowest BCUT2D eigenvalue weighted by Gasteiger charge is -2.10. The van der Waals surface area contributed by atoms with E-state index < -0.39 is 18.5 Å². The summed E-state index contributed by atoms with van der Waals surface area (Å²) in [5.41, 5.74) is 2.53. The Labute approximate surface area is 179 Å². The summed E-state index contributed by atoms with van der Waals surface area (Å²) in [6.45, 7) is 4.22. The number of benzene rings is 1. The van der Waals surface area contributed by atoms with Crippen molar-refractivity contribution in [3.8, 4) is 0 Å². The molecule has 0 amide bonds. The number of ether oxygens (including phenoxy) is 2. The fraction of sp³-hybridized carbons (Fsp3) is 0.261. The minimum atomic E-state index is -0.740. The molecule has 0 unspecified atom stereocenters. The maximum atomic E-state index is 12.7. The second-order valence-electron chi connectivity index (χ2n) is 6.80. The van der Waals surface area contributed by atoms with Gasteiger partial charge in [0.25, 0.3) is 0 Å². The van der Waals surface area contributed by atoms with Gasteiger partial charge in [0.15, 0.2) is 6.61 Å². The lowest BCUT2D eigenvalue weighted by molar-refractivity contribution is 0.0463. The number of ketones is 1. The van der Waals surface area contributed by atoms with Crippen molar-refractivity contribution in [3.63, 3.8) is 0 Å². The normalized spacial score (nSPS) is 10.6. The molecule has 7 heteroatoms. The molecule has 30 heavy (non-hydrogen) atoms. The minimum absolute atomic E-state index is 0.0681. The Morgan fingerprint density at radius 1 is 0.967 bits per heavy atom. The third-order valence-electron chi connectivity index (χ3n) is 4.92. The zero-order valence-electron chi connectivity index (χ0n) is 17.1. The summed E-state index contributed by atoms with van der Waals surface area (Å²) in [4.78, 5) is 38.2. The van der Waals surface area contributed by atoms with Crippen molar-refractivity contribution in [1.82, 2.24) is 4.57 Å². The maximum absolute atomic E-state index is 12.7. The van der Waals surface area contributed by atoms with E-state index in [1.165, 1.54) is 24.1 Å². The average Bonchev–Trinajstić information content (AvgIpc) is 3.37. The van der Waals surface area contributed by atoms with Gasteiger partial charge >= 0.3 is 11.9 Å². The molecule has 0 fully saturated rings. The Morgan fingerprint density at radius 2 is 1.67 bits per heavy atom. The lowest BCUT2D eigenvalue weighted by atomic mass is 10.1. The van der Waals surface area contributed by atoms with Gasteiger partial charge in [-0.1, -0.05) is 18.2 Å². The van der Waals surface area contributed by atoms with E-state index in [4.69, 9.17) is 4.74 Å². The van der Waals surface area contributed by atoms with Crippen LogP contribution in [-0.2, 0) is 22.4 Å². The SMILES string of the molecule is COC(=O)c1ccccc1C(=O)OCC(=O)c1cc(C)n(CCc2cccs2)c1C. The van der Waals surface area contributed by atoms with Crippen molar-refractivity contribution in [2.75, 3.05) is 13.7 Å². The van der Waals surface area contributed by atoms with Crippen LogP contribution in [0, 0.1) is 13.8 Å². The molecule has 1 aromatic carbocycles. The molecule has 0 spiro atoms. The van der Waals surface area contributed by atoms with E-state index in [-0.39, 0.29) is 16.9 Å². The molecule has 0 radical (unpaired) electrons. The van der Waals surface area contributed by atoms with Gasteiger partial charge in [-0.25, -0.2) is 9.59 Å². The van der Waals surface area contributed by atoms with Crippen molar-refractivity contribution in [3.05, 3.63) is 80.8 Å². The highest BCUT2D eigenvalue weighted by atomic mass is 32.1. The number of Topliss-reactive ketones (excluding diaryl/α,β-unsaturated/α-hetero) is 1. The van der Waals surface area contributed by atoms with Crippen molar-refractivity contribution in [2.24, 2.45) is 0 Å². The van der Waals surface area contributed by atoms with Gasteiger partial charge in [-0.05, 0) is 49.9 Å². The van der Waals surface area contributed by atoms with Gasteiger partial charge < -0.3 is 14.0 Å². The van der Waals surface area contributed by atoms with Crippen LogP contribution in [-0.4, -0.2) is 36.0 Å². The third kappa shape index (κ3) is 4.68. The second kappa shape index (κ2) is 9.54. The van der Waals surface area contributed by atoms with Crippen LogP contribution in [0.4, 0.5) is 0 Å². The molecule has 2 aromatic heterocycles. The summed E-state index contributed by atoms with van der Waals surface area (Å²) in [5, 5.41) is 2.05. The molecule has 2 heterocycles. The molecule has 6 nitrogen and oxygen atoms in total. The Balaban J connectivity index is 1.67. The fourth-order valence-electron chi connectivity index (χ4n) is 3.34. The summed E-state index contributed by atoms with van der Waals surface area (Å²) in [5.74, 6) is -1.66. The van der Waals surface area contributed by atoms with E-state index in [0.29, 0.717) is 5.56 Å². The molecule has 0 bridgehead atoms. The molecule has 0 saturated carbocycles. The van der Waals surface area contributed by atoms with Crippen molar-refractivity contribution >= 4 is 29.1 Å². The first-order valence-electron chi connectivity index (χ1n) is 9.49. The molecule has 3 aromatic rings. The monoisotopic (exact) mass is 425 g/mol. The second-order valence-corrected chi connectivity index (χ2v) is 7.83. The number of thiophene rings is 1. The topological polar surface area (TPSA) is 74.6 Å². The number of methoxy groups -OCH3 is 1. The number of nitrogens with zero attached hydrogens (tertiary/aromatic N) is 1. The van der Waals surface area contributed by atoms with E-state index in [1.54, 1.807) is 23.5 Å². The number of rotatable bonds is 8. The minimum Gasteiger partial charge on any atom is -0.465 e. The van der Waals surface area contributed by atoms with Gasteiger partial charge in [0.1, 0.15) is 0 Å². The molecule has 3 rings (SSSR count). The smallest absolute Gasteiger partial charge is 0.339 e. The predicted molar refractivity (Wildman–Crippen MR) is 114 cm³/mol. The van der Waals surface area contributed by atoms with Crippen molar-refractivity contribution in [1.29, 1.82) is 0 Å². The first-order chi connectivity index (χ1) is 14.4. The van der Waals surface area contributed by atoms with Crippen LogP contribution in [0.25, 0.3) is 0 Å². The Morgan fingerprint density at radius 3 is 2.30 bits per heavy atom. The molecule has 0 saturated heterocycles. The molecule has 0 aliphatic carbocycles. The summed E-state index contributed by atoms with van der Waals surface area (Å²) in [6, 6.07) is 12.1. The molecular formula is C23H23NO5S. The first kappa shape index (κ1) is 21.5. The highest BCUT2D eigenvalue weighted by molar-refractivity contribution is 7.09. The molecule has 0 aliphatic heterocycles. The number of carbonyl (C=O) groups excluding carboxylic acids is 3. The molecule has 156 valence electrons. The molecule has 0 atom stereocenters. The van der Waals surface area contributed by atoms with Gasteiger partial charge in [-0.2, -0.15) is 0 Å². The number of hydrogen-bond acceptors (Lipinski definition) is 6. The van der Waals surface area contributed by atoms with Crippen LogP contribution >= 0.6 is 11.3 Å². The number of esters is 2. The summed E-state index contributed by atoms with van der Waals surface area (Å²) in [6.07, 6.45) is 0.890. The molecular weight excluding hydrogens is 402 g/mol. The molecule has 0 N–H and O–H groups in total. The predicted octanol–water partition coefficient (Wildman–Crippen LogP) is 4.24. The van der Waals surface area contributed by atoms with Gasteiger partial charge in [0, 0.05) is 28.4 Å². The highest BCUT2D eigenvalue weighted by Gasteiger charge is 2.21. The largest absolute Gasteiger partial charge is 0.465 e. The van der Waals surface area contributed by atoms with Crippen LogP contribution in [0.15, 0.2) is 47.8 Å². The number of carbonyl (C=O) groups is 3. The van der Waals surface area contributed by atoms with Crippen LogP contribution in [0.1, 0.15) is 47.3 Å². The van der Waals surface area contributed by atoms with Crippen molar-refractivity contribution in [2.45, 2.75) is 26.8 Å². The number of aromatic nitrogens is 1. The van der Waals surface area contributed by atoms with Crippen LogP contribution in [0.2, 0.25) is 0 Å². The van der Waals surface area contributed by atoms with E-state index in [2.05, 4.69) is 15.4 Å². The van der Waals surface area contributed by atoms with Gasteiger partial charge in [-0.15, -0.1) is 11.3 Å². The number of aryl methyl sites for hydroxylation is 2. The van der Waals surface area contributed by atoms with E-state index >= 15 is 0 Å². The summed E-state index contributed by atoms with van der Waals surface area (Å²) < 4.78 is 12.0. The standard InChI is InChI=1S/C23H23NO5S/c1-15-13-20(16(2)24(15)11-10-17-7-6-12-30-17)21(25)14-29-23(27)19-9-5-4-8-18(19)22(26)28-3/h4-9,12-13H,10-11,14H2,1-3H3. The van der Waals surface area contributed by atoms with Gasteiger partial charge in [0.05, 0.1) is 18.2 Å². The van der Waals surface area contributed by atoms with E-state index in [9.17, 15) is 14.4 Å². The lowest BCUT2D eigenvalue weighted by Crippen LogP contribution is -2.17. The third-order valence-corrected chi connectivity index (χ3v) is 5.86. The zero-order chi connectivity index (χ0) is 21.7. The molecule has 0 aliphatic rings. The van der Waals surface area contributed by atoms with Crippen LogP contribution in [0.5, 0.6) is 0 Å². The Hall–Kier alpha value is -3.19. The fourth-order valence-corrected chi connectivity index (χ4v) is 4.04.